The molecule has 6 nitrogen and oxygen atoms in total. The third-order valence-electron chi connectivity index (χ3n) is 10.5. The third-order valence-corrected chi connectivity index (χ3v) is 13.4. The molecule has 4 atom stereocenters. The number of unbranched alkanes of at least 4 members (excludes halogenated alkanes) is 14. The molecule has 0 fully saturated rings. The van der Waals surface area contributed by atoms with Crippen molar-refractivity contribution in [3.05, 3.63) is 59.7 Å². The van der Waals surface area contributed by atoms with E-state index in [9.17, 15) is 18.9 Å². The van der Waals surface area contributed by atoms with Crippen LogP contribution in [0.4, 0.5) is 0 Å². The average molecular weight is 850 g/mol. The van der Waals surface area contributed by atoms with Gasteiger partial charge in [-0.25, -0.2) is 0 Å². The van der Waals surface area contributed by atoms with Crippen LogP contribution in [0.1, 0.15) is 194 Å². The van der Waals surface area contributed by atoms with Crippen LogP contribution < -0.4 is 18.8 Å². The van der Waals surface area contributed by atoms with Crippen LogP contribution >= 0.6 is 15.2 Å². The zero-order valence-corrected chi connectivity index (χ0v) is 38.6. The van der Waals surface area contributed by atoms with Crippen LogP contribution in [0.15, 0.2) is 48.5 Å². The van der Waals surface area contributed by atoms with Crippen molar-refractivity contribution >= 4 is 15.2 Å². The van der Waals surface area contributed by atoms with E-state index in [0.717, 1.165) is 64.2 Å². The zero-order chi connectivity index (χ0) is 39.9. The summed E-state index contributed by atoms with van der Waals surface area (Å²) in [5.74, 6) is 1.29. The fourth-order valence-corrected chi connectivity index (χ4v) is 10.1. The molecule has 2 aromatic carbocycles. The predicted molar refractivity (Wildman–Crippen MR) is 229 cm³/mol. The molecule has 0 saturated heterocycles. The molecule has 0 aliphatic carbocycles. The molecule has 0 saturated carbocycles. The number of rotatable bonds is 32. The number of hydrogen-bond donors (Lipinski definition) is 0. The van der Waals surface area contributed by atoms with E-state index in [2.05, 4.69) is 41.5 Å². The summed E-state index contributed by atoms with van der Waals surface area (Å²) in [4.78, 5) is 24.7. The quantitative estimate of drug-likeness (QED) is 0.0413. The predicted octanol–water partition coefficient (Wildman–Crippen LogP) is 14.3. The molecular weight excluding hydrogens is 769 g/mol. The topological polar surface area (TPSA) is 98.7 Å². The van der Waals surface area contributed by atoms with E-state index in [4.69, 9.17) is 9.05 Å². The molecule has 4 unspecified atom stereocenters. The fourth-order valence-electron chi connectivity index (χ4n) is 6.87. The Hall–Kier alpha value is -1.09. The Morgan fingerprint density at radius 3 is 1.04 bits per heavy atom. The van der Waals surface area contributed by atoms with Gasteiger partial charge in [0.15, 0.2) is 15.2 Å². The maximum atomic E-state index is 12.3. The van der Waals surface area contributed by atoms with E-state index < -0.39 is 15.2 Å². The Morgan fingerprint density at radius 2 is 0.745 bits per heavy atom. The summed E-state index contributed by atoms with van der Waals surface area (Å²) in [6, 6.07) is 15.2. The van der Waals surface area contributed by atoms with Crippen molar-refractivity contribution in [3.63, 3.8) is 0 Å². The summed E-state index contributed by atoms with van der Waals surface area (Å²) in [5.41, 5.74) is 2.51. The Balaban J connectivity index is 0.00000104. The first-order chi connectivity index (χ1) is 26.0. The van der Waals surface area contributed by atoms with Gasteiger partial charge in [-0.2, -0.15) is 0 Å². The van der Waals surface area contributed by atoms with Crippen LogP contribution in [-0.4, -0.2) is 12.3 Å². The Labute approximate surface area is 349 Å². The summed E-state index contributed by atoms with van der Waals surface area (Å²) in [5, 5.41) is 0. The van der Waals surface area contributed by atoms with Gasteiger partial charge in [0.1, 0.15) is 11.5 Å². The Morgan fingerprint density at radius 1 is 0.455 bits per heavy atom. The van der Waals surface area contributed by atoms with Gasteiger partial charge in [-0.05, 0) is 85.8 Å². The molecular formula is C46H80NiO6P2. The molecule has 0 aromatic heterocycles. The van der Waals surface area contributed by atoms with E-state index in [1.165, 1.54) is 101 Å². The minimum absolute atomic E-state index is 0. The number of benzene rings is 2. The van der Waals surface area contributed by atoms with Crippen molar-refractivity contribution in [2.24, 2.45) is 11.8 Å². The van der Waals surface area contributed by atoms with E-state index in [1.807, 2.05) is 24.3 Å². The Bertz CT molecular complexity index is 1160. The van der Waals surface area contributed by atoms with Gasteiger partial charge >= 0.3 is 16.5 Å². The fraction of sp³-hybridized carbons (Fsp3) is 0.739. The normalized spacial score (nSPS) is 14.4. The Kier molecular flexibility index (Phi) is 33.2. The van der Waals surface area contributed by atoms with Gasteiger partial charge in [0, 0.05) is 12.3 Å². The van der Waals surface area contributed by atoms with Crippen LogP contribution in [-0.2, 0) is 38.5 Å². The van der Waals surface area contributed by atoms with Gasteiger partial charge in [-0.1, -0.05) is 181 Å². The first-order valence-electron chi connectivity index (χ1n) is 22.2. The molecule has 0 aliphatic rings. The molecule has 2 aromatic rings. The first kappa shape index (κ1) is 53.9. The van der Waals surface area contributed by atoms with Gasteiger partial charge in [0.25, 0.3) is 0 Å². The summed E-state index contributed by atoms with van der Waals surface area (Å²) in [7, 11) is -7.66. The number of hydrogen-bond acceptors (Lipinski definition) is 6. The van der Waals surface area contributed by atoms with E-state index in [0.29, 0.717) is 11.5 Å². The van der Waals surface area contributed by atoms with E-state index >= 15 is 0 Å². The third kappa shape index (κ3) is 28.9. The van der Waals surface area contributed by atoms with Crippen LogP contribution in [0, 0.1) is 11.8 Å². The van der Waals surface area contributed by atoms with Gasteiger partial charge in [-0.3, -0.25) is 9.13 Å². The maximum Gasteiger partial charge on any atom is 2.00 e. The summed E-state index contributed by atoms with van der Waals surface area (Å²) in [6.07, 6.45) is 28.7. The van der Waals surface area contributed by atoms with Gasteiger partial charge < -0.3 is 18.8 Å². The molecule has 55 heavy (non-hydrogen) atoms. The van der Waals surface area contributed by atoms with Gasteiger partial charge in [-0.15, -0.1) is 0 Å². The SMILES string of the molecule is CCCCCCCCCc1ccc(OP(=O)([O-])CC(CC)CCCC)cc1.CCCCCCCCCc1ccc(OP(=O)([O-])CC(CC)CCCC)cc1.[Ni+2]. The molecule has 320 valence electrons. The zero-order valence-electron chi connectivity index (χ0n) is 35.8. The minimum Gasteiger partial charge on any atom is -0.769 e. The smallest absolute Gasteiger partial charge is 0.769 e. The molecule has 9 heteroatoms. The van der Waals surface area contributed by atoms with Crippen molar-refractivity contribution < 1.29 is 44.5 Å². The molecule has 0 radical (unpaired) electrons. The second-order valence-electron chi connectivity index (χ2n) is 15.6. The molecule has 0 bridgehead atoms. The van der Waals surface area contributed by atoms with Crippen LogP contribution in [0.25, 0.3) is 0 Å². The molecule has 2 rings (SSSR count). The molecule has 0 heterocycles. The van der Waals surface area contributed by atoms with E-state index in [-0.39, 0.29) is 40.7 Å². The summed E-state index contributed by atoms with van der Waals surface area (Å²) in [6.45, 7) is 12.9. The van der Waals surface area contributed by atoms with Crippen LogP contribution in [0.3, 0.4) is 0 Å². The second-order valence-corrected chi connectivity index (χ2v) is 19.2. The van der Waals surface area contributed by atoms with Crippen molar-refractivity contribution in [1.29, 1.82) is 0 Å². The van der Waals surface area contributed by atoms with Crippen LogP contribution in [0.2, 0.25) is 0 Å². The largest absolute Gasteiger partial charge is 2.00 e. The maximum absolute atomic E-state index is 12.3. The number of aryl methyl sites for hydroxylation is 2. The summed E-state index contributed by atoms with van der Waals surface area (Å²) < 4.78 is 35.4. The van der Waals surface area contributed by atoms with Gasteiger partial charge in [0.05, 0.1) is 0 Å². The van der Waals surface area contributed by atoms with Crippen molar-refractivity contribution in [2.45, 2.75) is 196 Å². The van der Waals surface area contributed by atoms with Crippen LogP contribution in [0.5, 0.6) is 11.5 Å². The first-order valence-corrected chi connectivity index (χ1v) is 25.6. The van der Waals surface area contributed by atoms with Crippen molar-refractivity contribution in [2.75, 3.05) is 12.3 Å². The molecule has 0 spiro atoms. The van der Waals surface area contributed by atoms with Gasteiger partial charge in [0.2, 0.25) is 0 Å². The summed E-state index contributed by atoms with van der Waals surface area (Å²) >= 11 is 0. The second kappa shape index (κ2) is 33.8. The van der Waals surface area contributed by atoms with Crippen molar-refractivity contribution in [1.82, 2.24) is 0 Å². The molecule has 0 amide bonds. The standard InChI is InChI=1S/2C23H41O3P.Ni/c2*1-4-7-9-10-11-12-13-15-22-16-18-23(19-17-22)26-27(24,25)20-21(6-3)14-8-5-2;/h2*16-19,21H,4-15,20H2,1-3H3,(H,24,25);/q;;+2/p-2. The molecule has 0 aliphatic heterocycles. The minimum atomic E-state index is -3.83. The monoisotopic (exact) mass is 848 g/mol. The van der Waals surface area contributed by atoms with Crippen molar-refractivity contribution in [3.8, 4) is 11.5 Å². The molecule has 0 N–H and O–H groups in total. The average Bonchev–Trinajstić information content (AvgIpc) is 3.15. The van der Waals surface area contributed by atoms with E-state index in [1.54, 1.807) is 24.3 Å².